The van der Waals surface area contributed by atoms with Crippen LogP contribution in [0.1, 0.15) is 37.7 Å². The quantitative estimate of drug-likeness (QED) is 0.376. The molecular formula is C26H27F2Si. The van der Waals surface area contributed by atoms with Crippen LogP contribution < -0.4 is 0 Å². The highest BCUT2D eigenvalue weighted by molar-refractivity contribution is 6.59. The Kier molecular flexibility index (Phi) is 6.24. The van der Waals surface area contributed by atoms with Crippen LogP contribution >= 0.6 is 0 Å². The van der Waals surface area contributed by atoms with E-state index >= 15 is 0 Å². The van der Waals surface area contributed by atoms with Gasteiger partial charge in [-0.05, 0) is 59.2 Å². The second-order valence-electron chi connectivity index (χ2n) is 8.07. The van der Waals surface area contributed by atoms with Crippen LogP contribution in [-0.2, 0) is 0 Å². The number of rotatable bonds is 5. The molecular weight excluding hydrogens is 378 g/mol. The fraction of sp³-hybridized carbons (Fsp3) is 0.308. The SMILES string of the molecule is CCC[Si]1CCC(c2cccc(-c3c(F)cccc3-c3cccc(F)c3)c2)CC1. The van der Waals surface area contributed by atoms with Crippen molar-refractivity contribution >= 4 is 8.80 Å². The van der Waals surface area contributed by atoms with Crippen molar-refractivity contribution in [1.29, 1.82) is 0 Å². The van der Waals surface area contributed by atoms with Crippen LogP contribution in [0.25, 0.3) is 22.3 Å². The summed E-state index contributed by atoms with van der Waals surface area (Å²) in [5.41, 5.74) is 4.19. The van der Waals surface area contributed by atoms with Crippen LogP contribution in [0.2, 0.25) is 18.1 Å². The summed E-state index contributed by atoms with van der Waals surface area (Å²) < 4.78 is 28.7. The van der Waals surface area contributed by atoms with Crippen molar-refractivity contribution in [2.24, 2.45) is 0 Å². The maximum Gasteiger partial charge on any atom is 0.131 e. The van der Waals surface area contributed by atoms with Crippen molar-refractivity contribution in [1.82, 2.24) is 0 Å². The monoisotopic (exact) mass is 405 g/mol. The van der Waals surface area contributed by atoms with Gasteiger partial charge in [-0.2, -0.15) is 0 Å². The molecule has 149 valence electrons. The molecule has 1 heterocycles. The number of hydrogen-bond donors (Lipinski definition) is 0. The first kappa shape index (κ1) is 20.0. The Labute approximate surface area is 174 Å². The van der Waals surface area contributed by atoms with Gasteiger partial charge in [-0.15, -0.1) is 0 Å². The van der Waals surface area contributed by atoms with E-state index in [4.69, 9.17) is 0 Å². The van der Waals surface area contributed by atoms with Crippen LogP contribution in [0, 0.1) is 11.6 Å². The number of benzene rings is 3. The predicted octanol–water partition coefficient (Wildman–Crippen LogP) is 8.08. The van der Waals surface area contributed by atoms with Crippen LogP contribution in [0.5, 0.6) is 0 Å². The normalized spacial score (nSPS) is 15.6. The first-order valence-electron chi connectivity index (χ1n) is 10.6. The van der Waals surface area contributed by atoms with E-state index in [-0.39, 0.29) is 20.4 Å². The van der Waals surface area contributed by atoms with E-state index in [0.717, 1.165) is 11.1 Å². The largest absolute Gasteiger partial charge is 0.207 e. The molecule has 0 aromatic heterocycles. The Morgan fingerprint density at radius 3 is 2.34 bits per heavy atom. The van der Waals surface area contributed by atoms with Gasteiger partial charge in [0.15, 0.2) is 0 Å². The summed E-state index contributed by atoms with van der Waals surface area (Å²) in [4.78, 5) is 0. The molecule has 1 radical (unpaired) electrons. The molecule has 0 N–H and O–H groups in total. The number of hydrogen-bond acceptors (Lipinski definition) is 0. The topological polar surface area (TPSA) is 0 Å². The summed E-state index contributed by atoms with van der Waals surface area (Å²) >= 11 is 0. The van der Waals surface area contributed by atoms with E-state index in [1.165, 1.54) is 61.2 Å². The second kappa shape index (κ2) is 9.04. The maximum atomic E-state index is 14.9. The highest BCUT2D eigenvalue weighted by Crippen LogP contribution is 2.39. The van der Waals surface area contributed by atoms with Crippen molar-refractivity contribution in [3.63, 3.8) is 0 Å². The van der Waals surface area contributed by atoms with Crippen molar-refractivity contribution in [3.05, 3.63) is 83.9 Å². The summed E-state index contributed by atoms with van der Waals surface area (Å²) in [5.74, 6) is 0.00398. The van der Waals surface area contributed by atoms with Gasteiger partial charge in [0.05, 0.1) is 0 Å². The number of halogens is 2. The summed E-state index contributed by atoms with van der Waals surface area (Å²) in [6.45, 7) is 2.29. The van der Waals surface area contributed by atoms with E-state index in [2.05, 4.69) is 19.1 Å². The molecule has 4 rings (SSSR count). The van der Waals surface area contributed by atoms with Crippen LogP contribution in [0.3, 0.4) is 0 Å². The van der Waals surface area contributed by atoms with Crippen molar-refractivity contribution in [3.8, 4) is 22.3 Å². The lowest BCUT2D eigenvalue weighted by Gasteiger charge is -2.28. The molecule has 0 amide bonds. The molecule has 1 fully saturated rings. The molecule has 0 nitrogen and oxygen atoms in total. The van der Waals surface area contributed by atoms with Crippen molar-refractivity contribution in [2.45, 2.75) is 50.2 Å². The molecule has 3 aromatic rings. The molecule has 1 saturated heterocycles. The minimum absolute atomic E-state index is 0.149. The third kappa shape index (κ3) is 4.50. The van der Waals surface area contributed by atoms with Gasteiger partial charge in [-0.1, -0.05) is 80.0 Å². The Hall–Kier alpha value is -2.26. The smallest absolute Gasteiger partial charge is 0.131 e. The Bertz CT molecular complexity index is 974. The highest BCUT2D eigenvalue weighted by Gasteiger charge is 2.23. The molecule has 0 saturated carbocycles. The minimum atomic E-state index is -0.307. The molecule has 0 aliphatic carbocycles. The summed E-state index contributed by atoms with van der Waals surface area (Å²) in [7, 11) is -0.149. The zero-order valence-corrected chi connectivity index (χ0v) is 17.9. The molecule has 1 aliphatic heterocycles. The zero-order valence-electron chi connectivity index (χ0n) is 16.9. The van der Waals surface area contributed by atoms with E-state index < -0.39 is 0 Å². The fourth-order valence-corrected chi connectivity index (χ4v) is 7.60. The zero-order chi connectivity index (χ0) is 20.2. The van der Waals surface area contributed by atoms with Crippen LogP contribution in [0.15, 0.2) is 66.7 Å². The van der Waals surface area contributed by atoms with E-state index in [9.17, 15) is 8.78 Å². The fourth-order valence-electron chi connectivity index (χ4n) is 4.63. The molecule has 3 heteroatoms. The van der Waals surface area contributed by atoms with E-state index in [1.807, 2.05) is 24.3 Å². The Balaban J connectivity index is 1.67. The van der Waals surface area contributed by atoms with Gasteiger partial charge < -0.3 is 0 Å². The molecule has 1 aliphatic rings. The molecule has 3 aromatic carbocycles. The van der Waals surface area contributed by atoms with Crippen LogP contribution in [0.4, 0.5) is 8.78 Å². The van der Waals surface area contributed by atoms with E-state index in [1.54, 1.807) is 12.1 Å². The van der Waals surface area contributed by atoms with Gasteiger partial charge in [0.2, 0.25) is 0 Å². The van der Waals surface area contributed by atoms with Gasteiger partial charge in [0, 0.05) is 14.4 Å². The molecule has 0 unspecified atom stereocenters. The van der Waals surface area contributed by atoms with Gasteiger partial charge in [-0.25, -0.2) is 8.78 Å². The molecule has 29 heavy (non-hydrogen) atoms. The van der Waals surface area contributed by atoms with E-state index in [0.29, 0.717) is 17.0 Å². The minimum Gasteiger partial charge on any atom is -0.207 e. The summed E-state index contributed by atoms with van der Waals surface area (Å²) in [6.07, 6.45) is 3.82. The lowest BCUT2D eigenvalue weighted by atomic mass is 9.88. The standard InChI is InChI=1S/C26H27F2Si/c1-2-14-29-15-12-19(13-16-29)20-6-3-8-22(17-20)26-24(10-5-11-25(26)28)21-7-4-9-23(27)18-21/h3-11,17-19H,2,12-16H2,1H3. The summed E-state index contributed by atoms with van der Waals surface area (Å²) in [5, 5.41) is 0. The van der Waals surface area contributed by atoms with Gasteiger partial charge in [0.25, 0.3) is 0 Å². The highest BCUT2D eigenvalue weighted by atomic mass is 28.3. The average Bonchev–Trinajstić information content (AvgIpc) is 2.74. The summed E-state index contributed by atoms with van der Waals surface area (Å²) in [6, 6.07) is 24.0. The first-order chi connectivity index (χ1) is 14.2. The lowest BCUT2D eigenvalue weighted by Crippen LogP contribution is -2.20. The van der Waals surface area contributed by atoms with Gasteiger partial charge in [-0.3, -0.25) is 0 Å². The lowest BCUT2D eigenvalue weighted by molar-refractivity contribution is 0.605. The first-order valence-corrected chi connectivity index (χ1v) is 12.8. The maximum absolute atomic E-state index is 14.9. The average molecular weight is 406 g/mol. The van der Waals surface area contributed by atoms with Gasteiger partial charge in [0.1, 0.15) is 11.6 Å². The molecule has 0 atom stereocenters. The Morgan fingerprint density at radius 1 is 0.862 bits per heavy atom. The van der Waals surface area contributed by atoms with Crippen molar-refractivity contribution < 1.29 is 8.78 Å². The Morgan fingerprint density at radius 2 is 1.59 bits per heavy atom. The molecule has 0 bridgehead atoms. The predicted molar refractivity (Wildman–Crippen MR) is 120 cm³/mol. The van der Waals surface area contributed by atoms with Crippen molar-refractivity contribution in [2.75, 3.05) is 0 Å². The second-order valence-corrected chi connectivity index (χ2v) is 11.1. The van der Waals surface area contributed by atoms with Gasteiger partial charge >= 0.3 is 0 Å². The molecule has 0 spiro atoms. The van der Waals surface area contributed by atoms with Crippen LogP contribution in [-0.4, -0.2) is 8.80 Å². The third-order valence-electron chi connectivity index (χ3n) is 6.09. The third-order valence-corrected chi connectivity index (χ3v) is 9.29.